The molecule has 0 spiro atoms. The van der Waals surface area contributed by atoms with E-state index >= 15 is 0 Å². The van der Waals surface area contributed by atoms with Crippen molar-refractivity contribution in [2.75, 3.05) is 0 Å². The predicted octanol–water partition coefficient (Wildman–Crippen LogP) is 3.72. The minimum absolute atomic E-state index is 0.197. The number of ketones is 1. The lowest BCUT2D eigenvalue weighted by atomic mass is 10.1. The number of carbonyl (C=O) groups excluding carboxylic acids is 1. The monoisotopic (exact) mass is 220 g/mol. The van der Waals surface area contributed by atoms with Crippen molar-refractivity contribution in [3.8, 4) is 11.8 Å². The first-order valence-corrected chi connectivity index (χ1v) is 5.41. The Balaban J connectivity index is 2.68. The molecule has 78 valence electrons. The van der Waals surface area contributed by atoms with E-state index in [1.165, 1.54) is 0 Å². The maximum absolute atomic E-state index is 11.6. The van der Waals surface area contributed by atoms with Crippen LogP contribution in [0.3, 0.4) is 0 Å². The Bertz CT molecular complexity index is 398. The van der Waals surface area contributed by atoms with Crippen molar-refractivity contribution in [2.24, 2.45) is 0 Å². The van der Waals surface area contributed by atoms with Crippen LogP contribution in [-0.4, -0.2) is 5.78 Å². The molecule has 0 saturated heterocycles. The number of halogens is 1. The van der Waals surface area contributed by atoms with Gasteiger partial charge in [0.25, 0.3) is 0 Å². The molecule has 0 unspecified atom stereocenters. The van der Waals surface area contributed by atoms with Crippen molar-refractivity contribution in [2.45, 2.75) is 26.2 Å². The smallest absolute Gasteiger partial charge is 0.237 e. The van der Waals surface area contributed by atoms with Gasteiger partial charge in [0, 0.05) is 12.0 Å². The molecule has 0 aromatic heterocycles. The van der Waals surface area contributed by atoms with Crippen LogP contribution in [0, 0.1) is 11.8 Å². The number of unbranched alkanes of at least 4 members (excludes halogenated alkanes) is 2. The molecular weight excluding hydrogens is 208 g/mol. The van der Waals surface area contributed by atoms with Gasteiger partial charge in [-0.15, -0.1) is 0 Å². The lowest BCUT2D eigenvalue weighted by molar-refractivity contribution is 0.105. The first-order valence-electron chi connectivity index (χ1n) is 5.03. The molecule has 0 aliphatic carbocycles. The molecule has 0 fully saturated rings. The summed E-state index contributed by atoms with van der Waals surface area (Å²) in [5.74, 6) is 5.26. The van der Waals surface area contributed by atoms with Crippen molar-refractivity contribution >= 4 is 17.4 Å². The van der Waals surface area contributed by atoms with Gasteiger partial charge < -0.3 is 0 Å². The zero-order chi connectivity index (χ0) is 11.1. The Kier molecular flexibility index (Phi) is 4.93. The molecule has 0 aliphatic rings. The van der Waals surface area contributed by atoms with E-state index in [4.69, 9.17) is 11.6 Å². The maximum Gasteiger partial charge on any atom is 0.237 e. The number of rotatable bonds is 3. The molecule has 0 amide bonds. The van der Waals surface area contributed by atoms with E-state index < -0.39 is 0 Å². The average Bonchev–Trinajstić information content (AvgIpc) is 2.25. The summed E-state index contributed by atoms with van der Waals surface area (Å²) in [5.41, 5.74) is 0.489. The van der Waals surface area contributed by atoms with Gasteiger partial charge in [-0.05, 0) is 24.5 Å². The predicted molar refractivity (Wildman–Crippen MR) is 63.1 cm³/mol. The highest BCUT2D eigenvalue weighted by Gasteiger charge is 2.05. The van der Waals surface area contributed by atoms with Gasteiger partial charge in [0.05, 0.1) is 5.02 Å². The summed E-state index contributed by atoms with van der Waals surface area (Å²) >= 11 is 5.87. The minimum atomic E-state index is -0.197. The summed E-state index contributed by atoms with van der Waals surface area (Å²) in [7, 11) is 0. The Morgan fingerprint density at radius 1 is 1.40 bits per heavy atom. The Hall–Kier alpha value is -1.26. The average molecular weight is 221 g/mol. The quantitative estimate of drug-likeness (QED) is 0.329. The lowest BCUT2D eigenvalue weighted by Gasteiger charge is -1.95. The third kappa shape index (κ3) is 3.77. The summed E-state index contributed by atoms with van der Waals surface area (Å²) in [6.07, 6.45) is 2.89. The zero-order valence-corrected chi connectivity index (χ0v) is 9.47. The molecular formula is C13H13ClO. The van der Waals surface area contributed by atoms with Crippen LogP contribution in [0.5, 0.6) is 0 Å². The van der Waals surface area contributed by atoms with Crippen molar-refractivity contribution in [1.29, 1.82) is 0 Å². The number of hydrogen-bond acceptors (Lipinski definition) is 1. The molecule has 0 radical (unpaired) electrons. The molecule has 1 aromatic carbocycles. The van der Waals surface area contributed by atoms with E-state index in [1.807, 2.05) is 0 Å². The van der Waals surface area contributed by atoms with Crippen LogP contribution in [0.15, 0.2) is 24.3 Å². The van der Waals surface area contributed by atoms with Gasteiger partial charge in [-0.2, -0.15) is 0 Å². The van der Waals surface area contributed by atoms with Gasteiger partial charge in [-0.1, -0.05) is 43.0 Å². The summed E-state index contributed by atoms with van der Waals surface area (Å²) < 4.78 is 0. The molecule has 0 aliphatic heterocycles. The fourth-order valence-electron chi connectivity index (χ4n) is 1.12. The van der Waals surface area contributed by atoms with Crippen molar-refractivity contribution in [3.63, 3.8) is 0 Å². The highest BCUT2D eigenvalue weighted by atomic mass is 35.5. The van der Waals surface area contributed by atoms with E-state index in [2.05, 4.69) is 18.8 Å². The first-order chi connectivity index (χ1) is 7.25. The van der Waals surface area contributed by atoms with E-state index in [-0.39, 0.29) is 5.78 Å². The van der Waals surface area contributed by atoms with E-state index in [9.17, 15) is 4.79 Å². The van der Waals surface area contributed by atoms with Crippen molar-refractivity contribution in [1.82, 2.24) is 0 Å². The van der Waals surface area contributed by atoms with Crippen LogP contribution >= 0.6 is 11.6 Å². The fraction of sp³-hybridized carbons (Fsp3) is 0.308. The number of hydrogen-bond donors (Lipinski definition) is 0. The van der Waals surface area contributed by atoms with E-state index in [0.717, 1.165) is 19.3 Å². The lowest BCUT2D eigenvalue weighted by Crippen LogP contribution is -1.95. The summed E-state index contributed by atoms with van der Waals surface area (Å²) in [5, 5.41) is 0.465. The van der Waals surface area contributed by atoms with Crippen LogP contribution in [0.2, 0.25) is 5.02 Å². The Labute approximate surface area is 95.5 Å². The van der Waals surface area contributed by atoms with E-state index in [0.29, 0.717) is 10.6 Å². The summed E-state index contributed by atoms with van der Waals surface area (Å²) in [6, 6.07) is 6.97. The van der Waals surface area contributed by atoms with Gasteiger partial charge in [-0.3, -0.25) is 4.79 Å². The van der Waals surface area contributed by atoms with Crippen LogP contribution < -0.4 is 0 Å². The molecule has 1 rings (SSSR count). The van der Waals surface area contributed by atoms with Gasteiger partial charge in [0.1, 0.15) is 0 Å². The second-order valence-electron chi connectivity index (χ2n) is 3.21. The highest BCUT2D eigenvalue weighted by Crippen LogP contribution is 2.14. The van der Waals surface area contributed by atoms with Crippen molar-refractivity contribution < 1.29 is 4.79 Å². The molecule has 1 aromatic rings. The number of Topliss-reactive ketones (excluding diaryl/α,β-unsaturated/α-hetero) is 1. The number of benzene rings is 1. The highest BCUT2D eigenvalue weighted by molar-refractivity contribution is 6.35. The molecule has 0 N–H and O–H groups in total. The van der Waals surface area contributed by atoms with E-state index in [1.54, 1.807) is 24.3 Å². The zero-order valence-electron chi connectivity index (χ0n) is 8.72. The van der Waals surface area contributed by atoms with Crippen LogP contribution in [0.25, 0.3) is 0 Å². The van der Waals surface area contributed by atoms with Gasteiger partial charge >= 0.3 is 0 Å². The molecule has 15 heavy (non-hydrogen) atoms. The Morgan fingerprint density at radius 3 is 2.80 bits per heavy atom. The third-order valence-corrected chi connectivity index (χ3v) is 2.31. The van der Waals surface area contributed by atoms with Crippen LogP contribution in [0.4, 0.5) is 0 Å². The van der Waals surface area contributed by atoms with Crippen molar-refractivity contribution in [3.05, 3.63) is 34.9 Å². The van der Waals surface area contributed by atoms with Gasteiger partial charge in [0.15, 0.2) is 0 Å². The maximum atomic E-state index is 11.6. The normalized spacial score (nSPS) is 9.20. The largest absolute Gasteiger partial charge is 0.279 e. The van der Waals surface area contributed by atoms with Crippen LogP contribution in [0.1, 0.15) is 36.5 Å². The number of carbonyl (C=O) groups is 1. The van der Waals surface area contributed by atoms with Gasteiger partial charge in [0.2, 0.25) is 5.78 Å². The molecule has 0 bridgehead atoms. The molecule has 0 saturated carbocycles. The topological polar surface area (TPSA) is 17.1 Å². The summed E-state index contributed by atoms with van der Waals surface area (Å²) in [4.78, 5) is 11.6. The van der Waals surface area contributed by atoms with Gasteiger partial charge in [-0.25, -0.2) is 0 Å². The summed E-state index contributed by atoms with van der Waals surface area (Å²) in [6.45, 7) is 2.09. The molecule has 0 atom stereocenters. The fourth-order valence-corrected chi connectivity index (χ4v) is 1.34. The first kappa shape index (κ1) is 11.8. The molecule has 0 heterocycles. The SMILES string of the molecule is CCCCC#CC(=O)c1ccccc1Cl. The second-order valence-corrected chi connectivity index (χ2v) is 3.62. The third-order valence-electron chi connectivity index (χ3n) is 1.98. The standard InChI is InChI=1S/C13H13ClO/c1-2-3-4-5-10-13(15)11-8-6-7-9-12(11)14/h6-9H,2-4H2,1H3. The molecule has 1 nitrogen and oxygen atoms in total. The van der Waals surface area contributed by atoms with Crippen LogP contribution in [-0.2, 0) is 0 Å². The Morgan fingerprint density at radius 2 is 2.13 bits per heavy atom. The molecule has 2 heteroatoms. The second kappa shape index (κ2) is 6.27. The minimum Gasteiger partial charge on any atom is -0.279 e.